The van der Waals surface area contributed by atoms with Crippen LogP contribution in [0.4, 0.5) is 0 Å². The highest BCUT2D eigenvalue weighted by atomic mass is 16.2. The number of carbonyl (C=O) groups excluding carboxylic acids is 1. The summed E-state index contributed by atoms with van der Waals surface area (Å²) in [7, 11) is 0. The van der Waals surface area contributed by atoms with Crippen molar-refractivity contribution in [2.75, 3.05) is 0 Å². The van der Waals surface area contributed by atoms with Crippen molar-refractivity contribution in [1.29, 1.82) is 0 Å². The molecule has 0 aromatic rings. The molecular weight excluding hydrogens is 174 g/mol. The highest BCUT2D eigenvalue weighted by Gasteiger charge is 2.29. The van der Waals surface area contributed by atoms with Gasteiger partial charge >= 0.3 is 0 Å². The Bertz CT molecular complexity index is 204. The monoisotopic (exact) mass is 197 g/mol. The highest BCUT2D eigenvalue weighted by Crippen LogP contribution is 2.27. The lowest BCUT2D eigenvalue weighted by Gasteiger charge is -2.32. The van der Waals surface area contributed by atoms with Gasteiger partial charge in [0.1, 0.15) is 0 Å². The van der Waals surface area contributed by atoms with Gasteiger partial charge in [-0.3, -0.25) is 4.79 Å². The summed E-state index contributed by atoms with van der Waals surface area (Å²) in [6.07, 6.45) is 4.45. The molecule has 0 aliphatic heterocycles. The molecule has 2 nitrogen and oxygen atoms in total. The number of amides is 1. The molecule has 82 valence electrons. The molecule has 1 N–H and O–H groups in total. The third-order valence-electron chi connectivity index (χ3n) is 2.86. The van der Waals surface area contributed by atoms with Crippen molar-refractivity contribution in [3.05, 3.63) is 0 Å². The predicted octanol–water partition coefficient (Wildman–Crippen LogP) is 2.73. The largest absolute Gasteiger partial charge is 0.351 e. The lowest BCUT2D eigenvalue weighted by Crippen LogP contribution is -2.48. The Balaban J connectivity index is 2.36. The predicted molar refractivity (Wildman–Crippen MR) is 59.0 cm³/mol. The van der Waals surface area contributed by atoms with Crippen LogP contribution in [0.3, 0.4) is 0 Å². The Morgan fingerprint density at radius 2 is 2.00 bits per heavy atom. The van der Waals surface area contributed by atoms with Crippen LogP contribution in [-0.4, -0.2) is 11.4 Å². The molecule has 1 rings (SSSR count). The fraction of sp³-hybridized carbons (Fsp3) is 0.917. The maximum atomic E-state index is 11.7. The molecule has 1 aliphatic rings. The first kappa shape index (κ1) is 11.5. The summed E-state index contributed by atoms with van der Waals surface area (Å²) in [5.41, 5.74) is -0.0408. The second kappa shape index (κ2) is 4.33. The summed E-state index contributed by atoms with van der Waals surface area (Å²) >= 11 is 0. The Labute approximate surface area is 87.5 Å². The summed E-state index contributed by atoms with van der Waals surface area (Å²) in [6.45, 7) is 8.61. The maximum absolute atomic E-state index is 11.7. The van der Waals surface area contributed by atoms with Crippen LogP contribution < -0.4 is 5.32 Å². The molecule has 0 aromatic heterocycles. The van der Waals surface area contributed by atoms with Crippen LogP contribution in [0.2, 0.25) is 0 Å². The van der Waals surface area contributed by atoms with E-state index in [1.807, 2.05) is 0 Å². The van der Waals surface area contributed by atoms with Gasteiger partial charge in [0.2, 0.25) is 5.91 Å². The van der Waals surface area contributed by atoms with E-state index in [1.54, 1.807) is 0 Å². The summed E-state index contributed by atoms with van der Waals surface area (Å²) in [6, 6.07) is 0. The van der Waals surface area contributed by atoms with Crippen LogP contribution in [0.25, 0.3) is 0 Å². The smallest absolute Gasteiger partial charge is 0.223 e. The first-order valence-corrected chi connectivity index (χ1v) is 5.73. The number of hydrogen-bond donors (Lipinski definition) is 1. The van der Waals surface area contributed by atoms with E-state index in [-0.39, 0.29) is 11.4 Å². The zero-order valence-electron chi connectivity index (χ0n) is 9.89. The molecule has 0 aromatic carbocycles. The van der Waals surface area contributed by atoms with Gasteiger partial charge in [0.25, 0.3) is 0 Å². The van der Waals surface area contributed by atoms with Crippen molar-refractivity contribution in [1.82, 2.24) is 5.32 Å². The van der Waals surface area contributed by atoms with Gasteiger partial charge in [0.05, 0.1) is 0 Å². The lowest BCUT2D eigenvalue weighted by atomic mass is 9.83. The standard InChI is InChI=1S/C12H23NO/c1-9(2)8-12(3,4)13-11(14)10-6-5-7-10/h9-10H,5-8H2,1-4H3,(H,13,14). The number of rotatable bonds is 4. The minimum Gasteiger partial charge on any atom is -0.351 e. The zero-order valence-corrected chi connectivity index (χ0v) is 9.89. The van der Waals surface area contributed by atoms with E-state index in [0.29, 0.717) is 11.8 Å². The molecule has 2 heteroatoms. The fourth-order valence-corrected chi connectivity index (χ4v) is 2.18. The molecule has 1 fully saturated rings. The van der Waals surface area contributed by atoms with E-state index in [2.05, 4.69) is 33.0 Å². The highest BCUT2D eigenvalue weighted by molar-refractivity contribution is 5.80. The number of hydrogen-bond acceptors (Lipinski definition) is 1. The van der Waals surface area contributed by atoms with Crippen molar-refractivity contribution in [3.8, 4) is 0 Å². The number of nitrogens with one attached hydrogen (secondary N) is 1. The van der Waals surface area contributed by atoms with Crippen molar-refractivity contribution < 1.29 is 4.79 Å². The zero-order chi connectivity index (χ0) is 10.8. The topological polar surface area (TPSA) is 29.1 Å². The van der Waals surface area contributed by atoms with Crippen LogP contribution in [0.5, 0.6) is 0 Å². The SMILES string of the molecule is CC(C)CC(C)(C)NC(=O)C1CCC1. The Morgan fingerprint density at radius 3 is 2.36 bits per heavy atom. The average molecular weight is 197 g/mol. The van der Waals surface area contributed by atoms with Gasteiger partial charge < -0.3 is 5.32 Å². The Hall–Kier alpha value is -0.530. The van der Waals surface area contributed by atoms with Crippen LogP contribution >= 0.6 is 0 Å². The molecule has 0 saturated heterocycles. The van der Waals surface area contributed by atoms with E-state index < -0.39 is 0 Å². The molecule has 1 amide bonds. The van der Waals surface area contributed by atoms with E-state index in [1.165, 1.54) is 6.42 Å². The fourth-order valence-electron chi connectivity index (χ4n) is 2.18. The van der Waals surface area contributed by atoms with E-state index in [0.717, 1.165) is 19.3 Å². The first-order valence-electron chi connectivity index (χ1n) is 5.73. The van der Waals surface area contributed by atoms with Crippen molar-refractivity contribution in [3.63, 3.8) is 0 Å². The molecule has 0 atom stereocenters. The normalized spacial score (nSPS) is 18.1. The quantitative estimate of drug-likeness (QED) is 0.737. The average Bonchev–Trinajstić information content (AvgIpc) is 1.74. The molecule has 0 spiro atoms. The third-order valence-corrected chi connectivity index (χ3v) is 2.86. The summed E-state index contributed by atoms with van der Waals surface area (Å²) in [5, 5.41) is 3.15. The van der Waals surface area contributed by atoms with Gasteiger partial charge in [-0.15, -0.1) is 0 Å². The summed E-state index contributed by atoms with van der Waals surface area (Å²) in [5.74, 6) is 1.20. The minimum atomic E-state index is -0.0408. The van der Waals surface area contributed by atoms with Gasteiger partial charge in [0.15, 0.2) is 0 Å². The van der Waals surface area contributed by atoms with Crippen molar-refractivity contribution in [2.45, 2.75) is 58.9 Å². The molecule has 0 unspecified atom stereocenters. The van der Waals surface area contributed by atoms with E-state index in [4.69, 9.17) is 0 Å². The van der Waals surface area contributed by atoms with Crippen molar-refractivity contribution in [2.24, 2.45) is 11.8 Å². The van der Waals surface area contributed by atoms with Gasteiger partial charge in [-0.25, -0.2) is 0 Å². The van der Waals surface area contributed by atoms with Gasteiger partial charge in [-0.1, -0.05) is 20.3 Å². The Morgan fingerprint density at radius 1 is 1.43 bits per heavy atom. The first-order chi connectivity index (χ1) is 6.41. The Kier molecular flexibility index (Phi) is 3.57. The van der Waals surface area contributed by atoms with E-state index in [9.17, 15) is 4.79 Å². The molecule has 14 heavy (non-hydrogen) atoms. The van der Waals surface area contributed by atoms with Crippen molar-refractivity contribution >= 4 is 5.91 Å². The molecule has 0 heterocycles. The summed E-state index contributed by atoms with van der Waals surface area (Å²) < 4.78 is 0. The third kappa shape index (κ3) is 3.32. The minimum absolute atomic E-state index is 0.0408. The second-order valence-electron chi connectivity index (χ2n) is 5.60. The molecule has 0 radical (unpaired) electrons. The second-order valence-corrected chi connectivity index (χ2v) is 5.60. The molecule has 0 bridgehead atoms. The van der Waals surface area contributed by atoms with Crippen LogP contribution in [0, 0.1) is 11.8 Å². The van der Waals surface area contributed by atoms with Crippen LogP contribution in [0.15, 0.2) is 0 Å². The lowest BCUT2D eigenvalue weighted by molar-refractivity contribution is -0.129. The van der Waals surface area contributed by atoms with E-state index >= 15 is 0 Å². The van der Waals surface area contributed by atoms with Gasteiger partial charge in [-0.2, -0.15) is 0 Å². The molecule has 1 aliphatic carbocycles. The maximum Gasteiger partial charge on any atom is 0.223 e. The summed E-state index contributed by atoms with van der Waals surface area (Å²) in [4.78, 5) is 11.7. The number of carbonyl (C=O) groups is 1. The van der Waals surface area contributed by atoms with Gasteiger partial charge in [-0.05, 0) is 39.0 Å². The van der Waals surface area contributed by atoms with Gasteiger partial charge in [0, 0.05) is 11.5 Å². The van der Waals surface area contributed by atoms with Crippen LogP contribution in [-0.2, 0) is 4.79 Å². The molecule has 1 saturated carbocycles. The molecular formula is C12H23NO. The van der Waals surface area contributed by atoms with Crippen LogP contribution in [0.1, 0.15) is 53.4 Å².